The summed E-state index contributed by atoms with van der Waals surface area (Å²) < 4.78 is 12.7. The highest BCUT2D eigenvalue weighted by Gasteiger charge is 2.38. The second kappa shape index (κ2) is 4.84. The number of rotatable bonds is 4. The van der Waals surface area contributed by atoms with Gasteiger partial charge in [-0.05, 0) is 49.9 Å². The molecule has 1 amide bonds. The van der Waals surface area contributed by atoms with Crippen LogP contribution in [0.1, 0.15) is 24.8 Å². The van der Waals surface area contributed by atoms with Crippen LogP contribution < -0.4 is 11.1 Å². The minimum Gasteiger partial charge on any atom is -0.368 e. The van der Waals surface area contributed by atoms with Crippen LogP contribution in [0.25, 0.3) is 0 Å². The van der Waals surface area contributed by atoms with Crippen LogP contribution in [0.2, 0.25) is 0 Å². The SMILES string of the molecule is NC(=O)C1(CCc2ccc(F)cc2)CCCN1. The van der Waals surface area contributed by atoms with Crippen LogP contribution in [-0.4, -0.2) is 18.0 Å². The Balaban J connectivity index is 2.00. The molecular weight excluding hydrogens is 219 g/mol. The molecule has 3 nitrogen and oxygen atoms in total. The summed E-state index contributed by atoms with van der Waals surface area (Å²) in [6, 6.07) is 6.38. The molecular formula is C13H17FN2O. The van der Waals surface area contributed by atoms with Crippen LogP contribution in [0.3, 0.4) is 0 Å². The third-order valence-corrected chi connectivity index (χ3v) is 3.47. The van der Waals surface area contributed by atoms with Gasteiger partial charge in [0.15, 0.2) is 0 Å². The van der Waals surface area contributed by atoms with Crippen LogP contribution in [0.15, 0.2) is 24.3 Å². The lowest BCUT2D eigenvalue weighted by atomic mass is 9.89. The van der Waals surface area contributed by atoms with Crippen molar-refractivity contribution >= 4 is 5.91 Å². The molecule has 3 N–H and O–H groups in total. The number of hydrogen-bond acceptors (Lipinski definition) is 2. The Morgan fingerprint density at radius 3 is 2.65 bits per heavy atom. The van der Waals surface area contributed by atoms with Gasteiger partial charge in [-0.15, -0.1) is 0 Å². The van der Waals surface area contributed by atoms with E-state index in [1.165, 1.54) is 12.1 Å². The number of nitrogens with one attached hydrogen (secondary N) is 1. The molecule has 1 aromatic rings. The first-order valence-corrected chi connectivity index (χ1v) is 5.92. The van der Waals surface area contributed by atoms with Gasteiger partial charge < -0.3 is 11.1 Å². The number of hydrogen-bond donors (Lipinski definition) is 2. The van der Waals surface area contributed by atoms with Gasteiger partial charge in [0.2, 0.25) is 5.91 Å². The molecule has 1 aliphatic rings. The molecule has 0 spiro atoms. The summed E-state index contributed by atoms with van der Waals surface area (Å²) in [4.78, 5) is 11.5. The van der Waals surface area contributed by atoms with Gasteiger partial charge >= 0.3 is 0 Å². The number of benzene rings is 1. The summed E-state index contributed by atoms with van der Waals surface area (Å²) in [5.74, 6) is -0.519. The summed E-state index contributed by atoms with van der Waals surface area (Å²) in [5, 5.41) is 3.20. The number of halogens is 1. The van der Waals surface area contributed by atoms with Crippen molar-refractivity contribution < 1.29 is 9.18 Å². The predicted octanol–water partition coefficient (Wildman–Crippen LogP) is 1.37. The van der Waals surface area contributed by atoms with Gasteiger partial charge in [-0.25, -0.2) is 4.39 Å². The molecule has 0 radical (unpaired) electrons. The van der Waals surface area contributed by atoms with E-state index in [1.807, 2.05) is 0 Å². The van der Waals surface area contributed by atoms with Gasteiger partial charge in [0, 0.05) is 0 Å². The summed E-state index contributed by atoms with van der Waals surface area (Å²) >= 11 is 0. The molecule has 1 saturated heterocycles. The van der Waals surface area contributed by atoms with E-state index in [9.17, 15) is 9.18 Å². The van der Waals surface area contributed by atoms with E-state index < -0.39 is 5.54 Å². The van der Waals surface area contributed by atoms with Crippen LogP contribution in [0, 0.1) is 5.82 Å². The molecule has 1 unspecified atom stereocenters. The Hall–Kier alpha value is -1.42. The standard InChI is InChI=1S/C13H17FN2O/c14-11-4-2-10(3-5-11)6-8-13(12(15)17)7-1-9-16-13/h2-5,16H,1,6-9H2,(H2,15,17). The minimum atomic E-state index is -0.561. The third kappa shape index (κ3) is 2.64. The molecule has 1 aromatic carbocycles. The fourth-order valence-corrected chi connectivity index (χ4v) is 2.36. The van der Waals surface area contributed by atoms with Crippen molar-refractivity contribution in [3.8, 4) is 0 Å². The number of carbonyl (C=O) groups excluding carboxylic acids is 1. The van der Waals surface area contributed by atoms with E-state index in [0.29, 0.717) is 6.42 Å². The van der Waals surface area contributed by atoms with E-state index >= 15 is 0 Å². The smallest absolute Gasteiger partial charge is 0.237 e. The first-order valence-electron chi connectivity index (χ1n) is 5.92. The highest BCUT2D eigenvalue weighted by molar-refractivity contribution is 5.85. The van der Waals surface area contributed by atoms with Gasteiger partial charge in [0.25, 0.3) is 0 Å². The molecule has 2 rings (SSSR count). The zero-order valence-electron chi connectivity index (χ0n) is 9.71. The molecule has 1 fully saturated rings. The Morgan fingerprint density at radius 2 is 2.12 bits per heavy atom. The molecule has 17 heavy (non-hydrogen) atoms. The van der Waals surface area contributed by atoms with Gasteiger partial charge in [0.1, 0.15) is 5.82 Å². The van der Waals surface area contributed by atoms with E-state index in [4.69, 9.17) is 5.73 Å². The average molecular weight is 236 g/mol. The van der Waals surface area contributed by atoms with Crippen LogP contribution in [0.5, 0.6) is 0 Å². The highest BCUT2D eigenvalue weighted by Crippen LogP contribution is 2.24. The van der Waals surface area contributed by atoms with E-state index in [1.54, 1.807) is 12.1 Å². The second-order valence-electron chi connectivity index (χ2n) is 4.60. The van der Waals surface area contributed by atoms with Gasteiger partial charge in [-0.1, -0.05) is 12.1 Å². The van der Waals surface area contributed by atoms with Crippen LogP contribution in [0.4, 0.5) is 4.39 Å². The van der Waals surface area contributed by atoms with E-state index in [2.05, 4.69) is 5.32 Å². The summed E-state index contributed by atoms with van der Waals surface area (Å²) in [7, 11) is 0. The number of amides is 1. The average Bonchev–Trinajstić information content (AvgIpc) is 2.78. The normalized spacial score (nSPS) is 23.8. The second-order valence-corrected chi connectivity index (χ2v) is 4.60. The predicted molar refractivity (Wildman–Crippen MR) is 63.9 cm³/mol. The number of carbonyl (C=O) groups is 1. The first kappa shape index (κ1) is 12.0. The Morgan fingerprint density at radius 1 is 1.41 bits per heavy atom. The molecule has 0 aromatic heterocycles. The van der Waals surface area contributed by atoms with E-state index in [0.717, 1.165) is 31.4 Å². The van der Waals surface area contributed by atoms with Crippen LogP contribution in [-0.2, 0) is 11.2 Å². The van der Waals surface area contributed by atoms with Crippen molar-refractivity contribution in [1.82, 2.24) is 5.32 Å². The molecule has 0 bridgehead atoms. The van der Waals surface area contributed by atoms with Crippen molar-refractivity contribution in [2.45, 2.75) is 31.2 Å². The third-order valence-electron chi connectivity index (χ3n) is 3.47. The van der Waals surface area contributed by atoms with Crippen molar-refractivity contribution in [2.24, 2.45) is 5.73 Å². The molecule has 1 heterocycles. The molecule has 92 valence electrons. The lowest BCUT2D eigenvalue weighted by molar-refractivity contribution is -0.124. The molecule has 4 heteroatoms. The Bertz CT molecular complexity index is 396. The summed E-state index contributed by atoms with van der Waals surface area (Å²) in [6.45, 7) is 0.840. The largest absolute Gasteiger partial charge is 0.368 e. The van der Waals surface area contributed by atoms with E-state index in [-0.39, 0.29) is 11.7 Å². The van der Waals surface area contributed by atoms with Gasteiger partial charge in [-0.2, -0.15) is 0 Å². The maximum Gasteiger partial charge on any atom is 0.237 e. The number of primary amides is 1. The van der Waals surface area contributed by atoms with Crippen molar-refractivity contribution in [2.75, 3.05) is 6.54 Å². The fourth-order valence-electron chi connectivity index (χ4n) is 2.36. The Labute approximate surface area is 100 Å². The number of aryl methyl sites for hydroxylation is 1. The monoisotopic (exact) mass is 236 g/mol. The zero-order chi connectivity index (χ0) is 12.3. The van der Waals surface area contributed by atoms with Crippen molar-refractivity contribution in [3.63, 3.8) is 0 Å². The maximum atomic E-state index is 12.7. The fraction of sp³-hybridized carbons (Fsp3) is 0.462. The quantitative estimate of drug-likeness (QED) is 0.829. The first-order chi connectivity index (χ1) is 8.12. The number of nitrogens with two attached hydrogens (primary N) is 1. The topological polar surface area (TPSA) is 55.1 Å². The lowest BCUT2D eigenvalue weighted by Crippen LogP contribution is -2.51. The molecule has 0 saturated carbocycles. The summed E-state index contributed by atoms with van der Waals surface area (Å²) in [5.41, 5.74) is 5.93. The molecule has 1 atom stereocenters. The minimum absolute atomic E-state index is 0.239. The summed E-state index contributed by atoms with van der Waals surface area (Å²) in [6.07, 6.45) is 3.18. The zero-order valence-corrected chi connectivity index (χ0v) is 9.71. The highest BCUT2D eigenvalue weighted by atomic mass is 19.1. The maximum absolute atomic E-state index is 12.7. The molecule has 1 aliphatic heterocycles. The van der Waals surface area contributed by atoms with Gasteiger partial charge in [0.05, 0.1) is 5.54 Å². The van der Waals surface area contributed by atoms with Gasteiger partial charge in [-0.3, -0.25) is 4.79 Å². The lowest BCUT2D eigenvalue weighted by Gasteiger charge is -2.25. The van der Waals surface area contributed by atoms with Crippen molar-refractivity contribution in [1.29, 1.82) is 0 Å². The Kier molecular flexibility index (Phi) is 3.43. The van der Waals surface area contributed by atoms with Crippen LogP contribution >= 0.6 is 0 Å². The van der Waals surface area contributed by atoms with Crippen molar-refractivity contribution in [3.05, 3.63) is 35.6 Å². The molecule has 0 aliphatic carbocycles.